The summed E-state index contributed by atoms with van der Waals surface area (Å²) in [5.41, 5.74) is 1.09. The van der Waals surface area contributed by atoms with E-state index in [0.29, 0.717) is 5.92 Å². The Labute approximate surface area is 164 Å². The summed E-state index contributed by atoms with van der Waals surface area (Å²) in [7, 11) is 0. The molecule has 136 valence electrons. The molecule has 0 spiro atoms. The first kappa shape index (κ1) is 19.0. The quantitative estimate of drug-likeness (QED) is 0.780. The lowest BCUT2D eigenvalue weighted by Gasteiger charge is -2.56. The second-order valence-corrected chi connectivity index (χ2v) is 9.09. The molecule has 1 aromatic heterocycles. The van der Waals surface area contributed by atoms with Crippen LogP contribution in [0.1, 0.15) is 41.9 Å². The number of benzene rings is 1. The number of thiophene rings is 1. The Balaban J connectivity index is 0.00000182. The third kappa shape index (κ3) is 3.08. The first-order valence-corrected chi connectivity index (χ1v) is 9.82. The van der Waals surface area contributed by atoms with Gasteiger partial charge in [0.2, 0.25) is 0 Å². The number of hydrogen-bond donors (Lipinski definition) is 1. The average molecular weight is 399 g/mol. The number of rotatable bonds is 2. The Morgan fingerprint density at radius 3 is 2.64 bits per heavy atom. The molecule has 3 fully saturated rings. The van der Waals surface area contributed by atoms with Gasteiger partial charge in [0, 0.05) is 21.3 Å². The zero-order valence-electron chi connectivity index (χ0n) is 14.8. The van der Waals surface area contributed by atoms with Crippen molar-refractivity contribution in [1.29, 1.82) is 0 Å². The van der Waals surface area contributed by atoms with Gasteiger partial charge in [-0.05, 0) is 75.7 Å². The molecule has 4 heterocycles. The average Bonchev–Trinajstić information content (AvgIpc) is 3.00. The van der Waals surface area contributed by atoms with E-state index in [1.54, 1.807) is 11.3 Å². The summed E-state index contributed by atoms with van der Waals surface area (Å²) in [6.07, 6.45) is 2.38. The van der Waals surface area contributed by atoms with E-state index in [1.807, 2.05) is 25.1 Å². The highest BCUT2D eigenvalue weighted by atomic mass is 35.5. The van der Waals surface area contributed by atoms with Crippen molar-refractivity contribution in [2.45, 2.75) is 45.2 Å². The Hall–Kier alpha value is -0.810. The molecule has 1 atom stereocenters. The van der Waals surface area contributed by atoms with Gasteiger partial charge in [0.1, 0.15) is 0 Å². The van der Waals surface area contributed by atoms with Crippen LogP contribution in [-0.4, -0.2) is 35.5 Å². The summed E-state index contributed by atoms with van der Waals surface area (Å²) in [4.78, 5) is 16.2. The van der Waals surface area contributed by atoms with Gasteiger partial charge >= 0.3 is 0 Å². The van der Waals surface area contributed by atoms with Crippen LogP contribution in [0, 0.1) is 12.8 Å². The summed E-state index contributed by atoms with van der Waals surface area (Å²) in [6.45, 7) is 8.85. The molecular weight excluding hydrogens is 375 g/mol. The predicted molar refractivity (Wildman–Crippen MR) is 108 cm³/mol. The molecule has 1 aromatic carbocycles. The van der Waals surface area contributed by atoms with E-state index in [1.165, 1.54) is 12.8 Å². The van der Waals surface area contributed by atoms with E-state index in [-0.39, 0.29) is 29.9 Å². The first-order valence-electron chi connectivity index (χ1n) is 8.62. The normalized spacial score (nSPS) is 27.1. The van der Waals surface area contributed by atoms with Gasteiger partial charge in [0.15, 0.2) is 0 Å². The van der Waals surface area contributed by atoms with E-state index >= 15 is 0 Å². The maximum atomic E-state index is 12.9. The number of hydrogen-bond acceptors (Lipinski definition) is 3. The number of halogens is 2. The van der Waals surface area contributed by atoms with Crippen LogP contribution in [0.3, 0.4) is 0 Å². The highest BCUT2D eigenvalue weighted by Gasteiger charge is 2.48. The SMILES string of the molecule is Cc1c(Cl)ccc2cc(C(=O)NC3C4CCN(CC4)C3(C)C)sc12.Cl. The Bertz CT molecular complexity index is 809. The number of fused-ring (bicyclic) bond motifs is 4. The summed E-state index contributed by atoms with van der Waals surface area (Å²) in [5.74, 6) is 0.651. The Morgan fingerprint density at radius 1 is 1.32 bits per heavy atom. The van der Waals surface area contributed by atoms with Gasteiger partial charge < -0.3 is 5.32 Å². The minimum Gasteiger partial charge on any atom is -0.346 e. The predicted octanol–water partition coefficient (Wildman–Crippen LogP) is 4.89. The number of carbonyl (C=O) groups is 1. The van der Waals surface area contributed by atoms with Gasteiger partial charge in [-0.25, -0.2) is 0 Å². The standard InChI is InChI=1S/C19H23ClN2OS.ClH/c1-11-14(20)5-4-13-10-15(24-16(11)13)18(23)21-17-12-6-8-22(9-7-12)19(17,2)3;/h4-5,10,12,17H,6-9H2,1-3H3,(H,21,23);1H. The molecule has 25 heavy (non-hydrogen) atoms. The molecule has 2 bridgehead atoms. The molecular formula is C19H24Cl2N2OS. The van der Waals surface area contributed by atoms with Gasteiger partial charge in [0.05, 0.1) is 4.88 Å². The van der Waals surface area contributed by atoms with Crippen LogP contribution in [0.25, 0.3) is 10.1 Å². The molecule has 1 amide bonds. The largest absolute Gasteiger partial charge is 0.346 e. The summed E-state index contributed by atoms with van der Waals surface area (Å²) < 4.78 is 1.11. The molecule has 1 unspecified atom stereocenters. The van der Waals surface area contributed by atoms with Crippen molar-refractivity contribution in [3.63, 3.8) is 0 Å². The lowest BCUT2D eigenvalue weighted by atomic mass is 9.72. The first-order chi connectivity index (χ1) is 11.4. The number of amides is 1. The van der Waals surface area contributed by atoms with E-state index in [9.17, 15) is 4.79 Å². The van der Waals surface area contributed by atoms with Crippen molar-refractivity contribution < 1.29 is 4.79 Å². The second-order valence-electron chi connectivity index (χ2n) is 7.63. The van der Waals surface area contributed by atoms with Crippen molar-refractivity contribution in [1.82, 2.24) is 10.2 Å². The summed E-state index contributed by atoms with van der Waals surface area (Å²) in [5, 5.41) is 5.21. The molecule has 0 aliphatic carbocycles. The van der Waals surface area contributed by atoms with Crippen LogP contribution in [0.4, 0.5) is 0 Å². The van der Waals surface area contributed by atoms with Gasteiger partial charge in [-0.2, -0.15) is 0 Å². The van der Waals surface area contributed by atoms with E-state index in [4.69, 9.17) is 11.6 Å². The van der Waals surface area contributed by atoms with E-state index in [0.717, 1.165) is 38.6 Å². The number of nitrogens with one attached hydrogen (secondary N) is 1. The highest BCUT2D eigenvalue weighted by Crippen LogP contribution is 2.39. The van der Waals surface area contributed by atoms with Crippen molar-refractivity contribution in [3.05, 3.63) is 33.7 Å². The molecule has 3 aliphatic heterocycles. The van der Waals surface area contributed by atoms with E-state index < -0.39 is 0 Å². The third-order valence-corrected chi connectivity index (χ3v) is 7.65. The van der Waals surface area contributed by atoms with Crippen molar-refractivity contribution in [2.75, 3.05) is 13.1 Å². The minimum atomic E-state index is 0. The Kier molecular flexibility index (Phi) is 5.11. The van der Waals surface area contributed by atoms with Crippen molar-refractivity contribution in [3.8, 4) is 0 Å². The molecule has 5 rings (SSSR count). The smallest absolute Gasteiger partial charge is 0.261 e. The van der Waals surface area contributed by atoms with Crippen LogP contribution in [0.15, 0.2) is 18.2 Å². The zero-order valence-corrected chi connectivity index (χ0v) is 17.2. The fraction of sp³-hybridized carbons (Fsp3) is 0.526. The maximum absolute atomic E-state index is 12.9. The highest BCUT2D eigenvalue weighted by molar-refractivity contribution is 7.21. The van der Waals surface area contributed by atoms with Crippen LogP contribution in [-0.2, 0) is 0 Å². The number of nitrogens with zero attached hydrogens (tertiary/aromatic N) is 1. The molecule has 3 nitrogen and oxygen atoms in total. The van der Waals surface area contributed by atoms with Crippen LogP contribution in [0.5, 0.6) is 0 Å². The Morgan fingerprint density at radius 2 is 2.00 bits per heavy atom. The molecule has 6 heteroatoms. The zero-order chi connectivity index (χ0) is 17.1. The monoisotopic (exact) mass is 398 g/mol. The lowest BCUT2D eigenvalue weighted by Crippen LogP contribution is -2.69. The molecule has 0 radical (unpaired) electrons. The van der Waals surface area contributed by atoms with Gasteiger partial charge in [-0.3, -0.25) is 9.69 Å². The fourth-order valence-electron chi connectivity index (χ4n) is 4.42. The van der Waals surface area contributed by atoms with Crippen LogP contribution in [0.2, 0.25) is 5.02 Å². The van der Waals surface area contributed by atoms with Crippen molar-refractivity contribution in [2.24, 2.45) is 5.92 Å². The minimum absolute atomic E-state index is 0. The molecule has 2 aromatic rings. The molecule has 3 saturated heterocycles. The number of aryl methyl sites for hydroxylation is 1. The maximum Gasteiger partial charge on any atom is 0.261 e. The second kappa shape index (κ2) is 6.73. The van der Waals surface area contributed by atoms with E-state index in [2.05, 4.69) is 24.1 Å². The van der Waals surface area contributed by atoms with Gasteiger partial charge in [-0.15, -0.1) is 23.7 Å². The number of carbonyl (C=O) groups excluding carboxylic acids is 1. The summed E-state index contributed by atoms with van der Waals surface area (Å²) >= 11 is 7.76. The van der Waals surface area contributed by atoms with Crippen LogP contribution >= 0.6 is 35.3 Å². The molecule has 3 aliphatic rings. The molecule has 1 N–H and O–H groups in total. The number of piperidine rings is 3. The van der Waals surface area contributed by atoms with Crippen molar-refractivity contribution >= 4 is 51.3 Å². The summed E-state index contributed by atoms with van der Waals surface area (Å²) in [6, 6.07) is 6.12. The lowest BCUT2D eigenvalue weighted by molar-refractivity contribution is -0.0377. The van der Waals surface area contributed by atoms with Crippen LogP contribution < -0.4 is 5.32 Å². The van der Waals surface area contributed by atoms with Gasteiger partial charge in [0.25, 0.3) is 5.91 Å². The fourth-order valence-corrected chi connectivity index (χ4v) is 5.70. The van der Waals surface area contributed by atoms with Gasteiger partial charge in [-0.1, -0.05) is 17.7 Å². The third-order valence-electron chi connectivity index (χ3n) is 5.97. The molecule has 0 saturated carbocycles. The topological polar surface area (TPSA) is 32.3 Å².